The molecule has 0 bridgehead atoms. The zero-order valence-electron chi connectivity index (χ0n) is 13.9. The first kappa shape index (κ1) is 15.6. The molecular weight excluding hydrogens is 312 g/mol. The van der Waals surface area contributed by atoms with E-state index in [9.17, 15) is 4.79 Å². The lowest BCUT2D eigenvalue weighted by Gasteiger charge is -2.26. The number of rotatable bonds is 5. The summed E-state index contributed by atoms with van der Waals surface area (Å²) in [6, 6.07) is 18.2. The minimum absolute atomic E-state index is 0.0856. The standard InChI is InChI=1S/C20H20N4O/c25-20-12-16(17-7-2-3-8-18(17)23-20)14-21-13-15-6-1-4-9-19(15)24-11-5-10-22-24/h1-11,16,21H,12-14H2,(H,23,25). The van der Waals surface area contributed by atoms with Crippen LogP contribution < -0.4 is 10.6 Å². The van der Waals surface area contributed by atoms with E-state index in [1.54, 1.807) is 6.20 Å². The molecule has 1 aliphatic heterocycles. The quantitative estimate of drug-likeness (QED) is 0.755. The Hall–Kier alpha value is -2.92. The molecule has 0 saturated carbocycles. The molecular formula is C20H20N4O. The number of anilines is 1. The second-order valence-corrected chi connectivity index (χ2v) is 6.25. The van der Waals surface area contributed by atoms with Gasteiger partial charge in [0.2, 0.25) is 5.91 Å². The number of nitrogens with zero attached hydrogens (tertiary/aromatic N) is 2. The fraction of sp³-hybridized carbons (Fsp3) is 0.200. The number of hydrogen-bond acceptors (Lipinski definition) is 3. The van der Waals surface area contributed by atoms with Crippen LogP contribution in [-0.4, -0.2) is 22.2 Å². The zero-order valence-corrected chi connectivity index (χ0v) is 13.9. The monoisotopic (exact) mass is 332 g/mol. The summed E-state index contributed by atoms with van der Waals surface area (Å²) >= 11 is 0. The Balaban J connectivity index is 1.46. The van der Waals surface area contributed by atoms with Gasteiger partial charge in [-0.15, -0.1) is 0 Å². The summed E-state index contributed by atoms with van der Waals surface area (Å²) in [5.41, 5.74) is 4.39. The lowest BCUT2D eigenvalue weighted by molar-refractivity contribution is -0.116. The first-order valence-electron chi connectivity index (χ1n) is 8.48. The van der Waals surface area contributed by atoms with E-state index in [1.807, 2.05) is 47.3 Å². The fourth-order valence-corrected chi connectivity index (χ4v) is 3.36. The predicted molar refractivity (Wildman–Crippen MR) is 97.7 cm³/mol. The van der Waals surface area contributed by atoms with E-state index in [2.05, 4.69) is 33.9 Å². The maximum absolute atomic E-state index is 11.9. The second-order valence-electron chi connectivity index (χ2n) is 6.25. The van der Waals surface area contributed by atoms with Crippen molar-refractivity contribution in [3.8, 4) is 5.69 Å². The summed E-state index contributed by atoms with van der Waals surface area (Å²) < 4.78 is 1.88. The van der Waals surface area contributed by atoms with Crippen LogP contribution in [0, 0.1) is 0 Å². The summed E-state index contributed by atoms with van der Waals surface area (Å²) in [6.45, 7) is 1.49. The van der Waals surface area contributed by atoms with Crippen molar-refractivity contribution in [2.75, 3.05) is 11.9 Å². The normalized spacial score (nSPS) is 16.3. The Morgan fingerprint density at radius 2 is 1.96 bits per heavy atom. The van der Waals surface area contributed by atoms with E-state index < -0.39 is 0 Å². The molecule has 25 heavy (non-hydrogen) atoms. The summed E-state index contributed by atoms with van der Waals surface area (Å²) in [6.07, 6.45) is 4.24. The minimum atomic E-state index is 0.0856. The summed E-state index contributed by atoms with van der Waals surface area (Å²) in [5, 5.41) is 10.8. The van der Waals surface area contributed by atoms with Crippen LogP contribution in [0.5, 0.6) is 0 Å². The third-order valence-corrected chi connectivity index (χ3v) is 4.56. The lowest BCUT2D eigenvalue weighted by atomic mass is 9.90. The first-order chi connectivity index (χ1) is 12.3. The van der Waals surface area contributed by atoms with Crippen molar-refractivity contribution in [3.63, 3.8) is 0 Å². The fourth-order valence-electron chi connectivity index (χ4n) is 3.36. The molecule has 1 aromatic heterocycles. The molecule has 0 radical (unpaired) electrons. The molecule has 2 aromatic carbocycles. The molecule has 2 heterocycles. The molecule has 4 rings (SSSR count). The van der Waals surface area contributed by atoms with Crippen LogP contribution >= 0.6 is 0 Å². The molecule has 0 aliphatic carbocycles. The molecule has 1 atom stereocenters. The van der Waals surface area contributed by atoms with Crippen molar-refractivity contribution < 1.29 is 4.79 Å². The average Bonchev–Trinajstić information content (AvgIpc) is 3.16. The molecule has 0 saturated heterocycles. The Morgan fingerprint density at radius 1 is 1.12 bits per heavy atom. The number of benzene rings is 2. The molecule has 5 heteroatoms. The number of carbonyl (C=O) groups is 1. The number of aromatic nitrogens is 2. The van der Waals surface area contributed by atoms with Gasteiger partial charge in [0.15, 0.2) is 0 Å². The van der Waals surface area contributed by atoms with Crippen molar-refractivity contribution >= 4 is 11.6 Å². The number of hydrogen-bond donors (Lipinski definition) is 2. The van der Waals surface area contributed by atoms with Gasteiger partial charge in [-0.3, -0.25) is 4.79 Å². The second kappa shape index (κ2) is 6.91. The third-order valence-electron chi connectivity index (χ3n) is 4.56. The maximum Gasteiger partial charge on any atom is 0.225 e. The SMILES string of the molecule is O=C1CC(CNCc2ccccc2-n2cccn2)c2ccccc2N1. The highest BCUT2D eigenvalue weighted by molar-refractivity contribution is 5.94. The topological polar surface area (TPSA) is 59.0 Å². The summed E-state index contributed by atoms with van der Waals surface area (Å²) in [7, 11) is 0. The Bertz CT molecular complexity index is 873. The van der Waals surface area contributed by atoms with E-state index in [0.29, 0.717) is 6.42 Å². The molecule has 3 aromatic rings. The maximum atomic E-state index is 11.9. The molecule has 0 spiro atoms. The van der Waals surface area contributed by atoms with Crippen molar-refractivity contribution in [2.45, 2.75) is 18.9 Å². The number of fused-ring (bicyclic) bond motifs is 1. The summed E-state index contributed by atoms with van der Waals surface area (Å²) in [4.78, 5) is 11.9. The van der Waals surface area contributed by atoms with Crippen LogP contribution in [0.1, 0.15) is 23.5 Å². The molecule has 2 N–H and O–H groups in total. The van der Waals surface area contributed by atoms with Crippen molar-refractivity contribution in [1.29, 1.82) is 0 Å². The van der Waals surface area contributed by atoms with E-state index in [1.165, 1.54) is 11.1 Å². The average molecular weight is 332 g/mol. The smallest absolute Gasteiger partial charge is 0.225 e. The van der Waals surface area contributed by atoms with Crippen LogP contribution in [0.3, 0.4) is 0 Å². The van der Waals surface area contributed by atoms with Crippen LogP contribution in [-0.2, 0) is 11.3 Å². The number of para-hydroxylation sites is 2. The number of carbonyl (C=O) groups excluding carboxylic acids is 1. The van der Waals surface area contributed by atoms with E-state index in [-0.39, 0.29) is 11.8 Å². The van der Waals surface area contributed by atoms with Crippen LogP contribution in [0.4, 0.5) is 5.69 Å². The zero-order chi connectivity index (χ0) is 17.1. The van der Waals surface area contributed by atoms with Gasteiger partial charge in [0.05, 0.1) is 5.69 Å². The van der Waals surface area contributed by atoms with Crippen molar-refractivity contribution in [2.24, 2.45) is 0 Å². The van der Waals surface area contributed by atoms with E-state index in [0.717, 1.165) is 24.5 Å². The highest BCUT2D eigenvalue weighted by atomic mass is 16.1. The molecule has 1 amide bonds. The first-order valence-corrected chi connectivity index (χ1v) is 8.48. The third kappa shape index (κ3) is 3.32. The Kier molecular flexibility index (Phi) is 4.31. The van der Waals surface area contributed by atoms with Gasteiger partial charge in [0.25, 0.3) is 0 Å². The highest BCUT2D eigenvalue weighted by Gasteiger charge is 2.24. The van der Waals surface area contributed by atoms with Gasteiger partial charge in [-0.25, -0.2) is 4.68 Å². The van der Waals surface area contributed by atoms with E-state index >= 15 is 0 Å². The van der Waals surface area contributed by atoms with Crippen LogP contribution in [0.25, 0.3) is 5.69 Å². The van der Waals surface area contributed by atoms with Gasteiger partial charge >= 0.3 is 0 Å². The lowest BCUT2D eigenvalue weighted by Crippen LogP contribution is -2.29. The predicted octanol–water partition coefficient (Wildman–Crippen LogP) is 3.09. The molecule has 126 valence electrons. The van der Waals surface area contributed by atoms with Crippen molar-refractivity contribution in [1.82, 2.24) is 15.1 Å². The molecule has 5 nitrogen and oxygen atoms in total. The minimum Gasteiger partial charge on any atom is -0.326 e. The molecule has 0 fully saturated rings. The van der Waals surface area contributed by atoms with Gasteiger partial charge in [0.1, 0.15) is 0 Å². The largest absolute Gasteiger partial charge is 0.326 e. The molecule has 1 unspecified atom stereocenters. The van der Waals surface area contributed by atoms with Gasteiger partial charge in [0, 0.05) is 43.5 Å². The van der Waals surface area contributed by atoms with Gasteiger partial charge in [-0.1, -0.05) is 36.4 Å². The van der Waals surface area contributed by atoms with Gasteiger partial charge in [-0.05, 0) is 29.3 Å². The highest BCUT2D eigenvalue weighted by Crippen LogP contribution is 2.31. The van der Waals surface area contributed by atoms with Gasteiger partial charge in [-0.2, -0.15) is 5.10 Å². The van der Waals surface area contributed by atoms with Crippen LogP contribution in [0.15, 0.2) is 67.0 Å². The van der Waals surface area contributed by atoms with Crippen LogP contribution in [0.2, 0.25) is 0 Å². The van der Waals surface area contributed by atoms with Crippen molar-refractivity contribution in [3.05, 3.63) is 78.1 Å². The Morgan fingerprint density at radius 3 is 2.84 bits per heavy atom. The van der Waals surface area contributed by atoms with E-state index in [4.69, 9.17) is 0 Å². The number of nitrogens with one attached hydrogen (secondary N) is 2. The summed E-state index contributed by atoms with van der Waals surface area (Å²) in [5.74, 6) is 0.282. The van der Waals surface area contributed by atoms with Gasteiger partial charge < -0.3 is 10.6 Å². The number of amides is 1. The molecule has 1 aliphatic rings. The Labute approximate surface area is 146 Å².